The molecule has 1 aliphatic carbocycles. The fourth-order valence-electron chi connectivity index (χ4n) is 3.92. The van der Waals surface area contributed by atoms with Crippen molar-refractivity contribution in [3.63, 3.8) is 0 Å². The summed E-state index contributed by atoms with van der Waals surface area (Å²) < 4.78 is 4.82. The van der Waals surface area contributed by atoms with Gasteiger partial charge in [0.2, 0.25) is 0 Å². The molecule has 4 rings (SSSR count). The lowest BCUT2D eigenvalue weighted by molar-refractivity contribution is -0.146. The van der Waals surface area contributed by atoms with Crippen LogP contribution in [0.1, 0.15) is 46.6 Å². The average Bonchev–Trinajstić information content (AvgIpc) is 3.18. The van der Waals surface area contributed by atoms with E-state index in [-0.39, 0.29) is 23.8 Å². The Morgan fingerprint density at radius 3 is 2.61 bits per heavy atom. The molecule has 28 heavy (non-hydrogen) atoms. The highest BCUT2D eigenvalue weighted by atomic mass is 32.1. The summed E-state index contributed by atoms with van der Waals surface area (Å²) in [5.74, 6) is -0.229. The van der Waals surface area contributed by atoms with Gasteiger partial charge in [-0.2, -0.15) is 0 Å². The molecule has 0 radical (unpaired) electrons. The first-order valence-electron chi connectivity index (χ1n) is 9.82. The summed E-state index contributed by atoms with van der Waals surface area (Å²) in [7, 11) is 1.43. The third-order valence-electron chi connectivity index (χ3n) is 5.59. The molecular weight excluding hydrogens is 374 g/mol. The largest absolute Gasteiger partial charge is 0.469 e. The van der Waals surface area contributed by atoms with Gasteiger partial charge in [-0.25, -0.2) is 4.98 Å². The van der Waals surface area contributed by atoms with Crippen LogP contribution >= 0.6 is 11.3 Å². The van der Waals surface area contributed by atoms with Crippen molar-refractivity contribution in [2.24, 2.45) is 5.92 Å². The number of amides is 1. The topological polar surface area (TPSA) is 80.3 Å². The summed E-state index contributed by atoms with van der Waals surface area (Å²) in [6.45, 7) is 1.88. The minimum atomic E-state index is -0.139. The smallest absolute Gasteiger partial charge is 0.308 e. The van der Waals surface area contributed by atoms with E-state index in [1.165, 1.54) is 17.7 Å². The highest BCUT2D eigenvalue weighted by Gasteiger charge is 2.27. The molecule has 2 heterocycles. The van der Waals surface area contributed by atoms with E-state index >= 15 is 0 Å². The fraction of sp³-hybridized carbons (Fsp3) is 0.476. The van der Waals surface area contributed by atoms with Crippen molar-refractivity contribution in [2.45, 2.75) is 44.7 Å². The van der Waals surface area contributed by atoms with Crippen LogP contribution in [-0.4, -0.2) is 36.6 Å². The highest BCUT2D eigenvalue weighted by molar-refractivity contribution is 7.15. The molecule has 1 amide bonds. The molecular formula is C21H25N3O3S. The number of hydrogen-bond acceptors (Lipinski definition) is 6. The zero-order valence-corrected chi connectivity index (χ0v) is 16.8. The lowest BCUT2D eigenvalue weighted by Gasteiger charge is -2.27. The summed E-state index contributed by atoms with van der Waals surface area (Å²) in [6.07, 6.45) is 4.12. The minimum Gasteiger partial charge on any atom is -0.469 e. The summed E-state index contributed by atoms with van der Waals surface area (Å²) in [5.41, 5.74) is 2.90. The van der Waals surface area contributed by atoms with E-state index in [1.54, 1.807) is 11.3 Å². The molecule has 1 aromatic heterocycles. The molecule has 1 saturated carbocycles. The Morgan fingerprint density at radius 1 is 1.18 bits per heavy atom. The summed E-state index contributed by atoms with van der Waals surface area (Å²) in [6, 6.07) is 7.79. The maximum Gasteiger partial charge on any atom is 0.308 e. The molecule has 2 aliphatic rings. The number of aromatic nitrogens is 1. The third kappa shape index (κ3) is 4.10. The minimum absolute atomic E-state index is 0.0308. The van der Waals surface area contributed by atoms with Crippen molar-refractivity contribution in [2.75, 3.05) is 13.7 Å². The van der Waals surface area contributed by atoms with Gasteiger partial charge >= 0.3 is 5.97 Å². The van der Waals surface area contributed by atoms with Gasteiger partial charge < -0.3 is 15.4 Å². The Labute approximate surface area is 168 Å². The van der Waals surface area contributed by atoms with E-state index in [0.29, 0.717) is 5.56 Å². The van der Waals surface area contributed by atoms with Crippen molar-refractivity contribution in [1.29, 1.82) is 0 Å². The summed E-state index contributed by atoms with van der Waals surface area (Å²) in [5, 5.41) is 7.49. The molecule has 148 valence electrons. The number of thiazole rings is 1. The summed E-state index contributed by atoms with van der Waals surface area (Å²) >= 11 is 1.72. The van der Waals surface area contributed by atoms with Crippen LogP contribution in [0.3, 0.4) is 0 Å². The monoisotopic (exact) mass is 399 g/mol. The van der Waals surface area contributed by atoms with Crippen LogP contribution in [0.2, 0.25) is 0 Å². The second-order valence-electron chi connectivity index (χ2n) is 7.44. The molecule has 1 aromatic carbocycles. The summed E-state index contributed by atoms with van der Waals surface area (Å²) in [4.78, 5) is 30.2. The van der Waals surface area contributed by atoms with Crippen LogP contribution in [-0.2, 0) is 22.5 Å². The molecule has 2 N–H and O–H groups in total. The van der Waals surface area contributed by atoms with Crippen molar-refractivity contribution < 1.29 is 14.3 Å². The van der Waals surface area contributed by atoms with E-state index < -0.39 is 0 Å². The zero-order valence-electron chi connectivity index (χ0n) is 16.0. The number of nitrogens with one attached hydrogen (secondary N) is 2. The van der Waals surface area contributed by atoms with Crippen LogP contribution in [0.4, 0.5) is 0 Å². The molecule has 0 saturated heterocycles. The van der Waals surface area contributed by atoms with Gasteiger partial charge in [-0.15, -0.1) is 11.3 Å². The molecule has 7 heteroatoms. The van der Waals surface area contributed by atoms with E-state index in [1.807, 2.05) is 24.3 Å². The van der Waals surface area contributed by atoms with Crippen molar-refractivity contribution in [1.82, 2.24) is 15.6 Å². The Kier molecular flexibility index (Phi) is 5.73. The van der Waals surface area contributed by atoms with Gasteiger partial charge in [0.05, 0.1) is 18.7 Å². The number of carbonyl (C=O) groups excluding carboxylic acids is 2. The van der Waals surface area contributed by atoms with E-state index in [0.717, 1.165) is 55.8 Å². The Morgan fingerprint density at radius 2 is 1.93 bits per heavy atom. The van der Waals surface area contributed by atoms with Crippen LogP contribution in [0.25, 0.3) is 10.6 Å². The number of hydrogen-bond donors (Lipinski definition) is 2. The molecule has 0 atom stereocenters. The zero-order chi connectivity index (χ0) is 19.5. The van der Waals surface area contributed by atoms with Crippen molar-refractivity contribution in [3.05, 3.63) is 40.4 Å². The third-order valence-corrected chi connectivity index (χ3v) is 6.74. The second-order valence-corrected chi connectivity index (χ2v) is 8.52. The molecule has 1 fully saturated rings. The molecule has 6 nitrogen and oxygen atoms in total. The molecule has 0 bridgehead atoms. The Bertz CT molecular complexity index is 831. The first-order chi connectivity index (χ1) is 13.6. The van der Waals surface area contributed by atoms with Crippen molar-refractivity contribution in [3.8, 4) is 10.6 Å². The van der Waals surface area contributed by atoms with E-state index in [2.05, 4.69) is 10.6 Å². The number of ether oxygens (including phenoxy) is 1. The number of carbonyl (C=O) groups is 2. The molecule has 2 aromatic rings. The first kappa shape index (κ1) is 19.1. The number of rotatable bonds is 4. The first-order valence-corrected chi connectivity index (χ1v) is 10.6. The van der Waals surface area contributed by atoms with Crippen LogP contribution in [0.15, 0.2) is 24.3 Å². The number of fused-ring (bicyclic) bond motifs is 1. The van der Waals surface area contributed by atoms with Gasteiger partial charge in [0.15, 0.2) is 0 Å². The molecule has 1 aliphatic heterocycles. The Hall–Kier alpha value is -2.25. The predicted octanol–water partition coefficient (Wildman–Crippen LogP) is 2.92. The lowest BCUT2D eigenvalue weighted by atomic mass is 9.86. The van der Waals surface area contributed by atoms with Gasteiger partial charge in [-0.1, -0.05) is 12.1 Å². The van der Waals surface area contributed by atoms with E-state index in [9.17, 15) is 9.59 Å². The lowest BCUT2D eigenvalue weighted by Crippen LogP contribution is -2.38. The van der Waals surface area contributed by atoms with Crippen LogP contribution < -0.4 is 10.6 Å². The van der Waals surface area contributed by atoms with Crippen molar-refractivity contribution >= 4 is 23.2 Å². The van der Waals surface area contributed by atoms with Gasteiger partial charge in [-0.3, -0.25) is 9.59 Å². The van der Waals surface area contributed by atoms with Crippen LogP contribution in [0, 0.1) is 5.92 Å². The predicted molar refractivity (Wildman–Crippen MR) is 108 cm³/mol. The van der Waals surface area contributed by atoms with Crippen LogP contribution in [0.5, 0.6) is 0 Å². The Balaban J connectivity index is 1.35. The normalized spacial score (nSPS) is 21.6. The van der Waals surface area contributed by atoms with Gasteiger partial charge in [0.1, 0.15) is 5.01 Å². The number of methoxy groups -OCH3 is 1. The molecule has 0 unspecified atom stereocenters. The van der Waals surface area contributed by atoms with Gasteiger partial charge in [0, 0.05) is 41.6 Å². The maximum absolute atomic E-state index is 12.6. The average molecular weight is 400 g/mol. The highest BCUT2D eigenvalue weighted by Crippen LogP contribution is 2.30. The number of benzene rings is 1. The molecule has 0 spiro atoms. The number of nitrogens with zero attached hydrogens (tertiary/aromatic N) is 1. The standard InChI is InChI=1S/C21H25N3O3S/c1-27-21(26)15-6-8-16(9-7-15)23-19(25)13-2-4-14(5-3-13)20-24-17-10-11-22-12-18(17)28-20/h2-5,15-16,22H,6-12H2,1H3,(H,23,25)/t15-,16-. The maximum atomic E-state index is 12.6. The second kappa shape index (κ2) is 8.41. The van der Waals surface area contributed by atoms with Gasteiger partial charge in [-0.05, 0) is 37.8 Å². The fourth-order valence-corrected chi connectivity index (χ4v) is 5.00. The number of esters is 1. The van der Waals surface area contributed by atoms with E-state index in [4.69, 9.17) is 9.72 Å². The SMILES string of the molecule is COC(=O)[C@H]1CC[C@H](NC(=O)c2ccc(-c3nc4c(s3)CNCC4)cc2)CC1. The quantitative estimate of drug-likeness (QED) is 0.773. The van der Waals surface area contributed by atoms with Gasteiger partial charge in [0.25, 0.3) is 5.91 Å².